The van der Waals surface area contributed by atoms with Crippen LogP contribution in [0.3, 0.4) is 0 Å². The molecule has 9 heteroatoms. The SMILES string of the molecule is Cc1c(F)c(F)c(N/N=C/C(F)(F)F)c(F)c1F. The van der Waals surface area contributed by atoms with E-state index in [4.69, 9.17) is 0 Å². The monoisotopic (exact) mass is 274 g/mol. The van der Waals surface area contributed by atoms with Crippen molar-refractivity contribution < 1.29 is 30.7 Å². The number of anilines is 1. The first-order valence-corrected chi connectivity index (χ1v) is 4.34. The Hall–Kier alpha value is -1.80. The predicted molar refractivity (Wildman–Crippen MR) is 49.2 cm³/mol. The summed E-state index contributed by atoms with van der Waals surface area (Å²) in [5.41, 5.74) is -1.09. The van der Waals surface area contributed by atoms with Gasteiger partial charge in [0.1, 0.15) is 11.9 Å². The number of hydrazone groups is 1. The molecule has 0 aromatic heterocycles. The van der Waals surface area contributed by atoms with Crippen molar-refractivity contribution in [1.82, 2.24) is 0 Å². The van der Waals surface area contributed by atoms with Crippen LogP contribution < -0.4 is 5.43 Å². The fraction of sp³-hybridized carbons (Fsp3) is 0.222. The molecule has 0 spiro atoms. The lowest BCUT2D eigenvalue weighted by Gasteiger charge is -2.08. The fourth-order valence-corrected chi connectivity index (χ4v) is 1.01. The summed E-state index contributed by atoms with van der Waals surface area (Å²) >= 11 is 0. The number of rotatable bonds is 2. The molecule has 18 heavy (non-hydrogen) atoms. The third kappa shape index (κ3) is 2.90. The highest BCUT2D eigenvalue weighted by Gasteiger charge is 2.25. The number of benzene rings is 1. The van der Waals surface area contributed by atoms with Gasteiger partial charge in [-0.1, -0.05) is 0 Å². The van der Waals surface area contributed by atoms with Gasteiger partial charge in [0.15, 0.2) is 23.3 Å². The minimum atomic E-state index is -4.83. The summed E-state index contributed by atoms with van der Waals surface area (Å²) in [4.78, 5) is 0. The Bertz CT molecular complexity index is 464. The van der Waals surface area contributed by atoms with E-state index in [1.54, 1.807) is 0 Å². The summed E-state index contributed by atoms with van der Waals surface area (Å²) < 4.78 is 87.2. The number of nitrogens with one attached hydrogen (secondary N) is 1. The van der Waals surface area contributed by atoms with Gasteiger partial charge in [-0.2, -0.15) is 18.3 Å². The van der Waals surface area contributed by atoms with E-state index >= 15 is 0 Å². The third-order valence-corrected chi connectivity index (χ3v) is 1.87. The van der Waals surface area contributed by atoms with Gasteiger partial charge < -0.3 is 0 Å². The van der Waals surface area contributed by atoms with Crippen molar-refractivity contribution in [2.75, 3.05) is 5.43 Å². The lowest BCUT2D eigenvalue weighted by atomic mass is 10.2. The van der Waals surface area contributed by atoms with Crippen molar-refractivity contribution in [3.8, 4) is 0 Å². The minimum absolute atomic E-state index is 0.623. The van der Waals surface area contributed by atoms with E-state index in [1.165, 1.54) is 5.43 Å². The molecule has 0 radical (unpaired) electrons. The molecule has 0 aliphatic carbocycles. The first-order valence-electron chi connectivity index (χ1n) is 4.34. The summed E-state index contributed by atoms with van der Waals surface area (Å²) in [5, 5.41) is 2.43. The quantitative estimate of drug-likeness (QED) is 0.379. The van der Waals surface area contributed by atoms with Crippen LogP contribution in [0.25, 0.3) is 0 Å². The first kappa shape index (κ1) is 14.3. The minimum Gasteiger partial charge on any atom is -0.272 e. The second-order valence-electron chi connectivity index (χ2n) is 3.17. The maximum absolute atomic E-state index is 13.1. The normalized spacial score (nSPS) is 12.2. The van der Waals surface area contributed by atoms with Crippen molar-refractivity contribution >= 4 is 11.9 Å². The highest BCUT2D eigenvalue weighted by atomic mass is 19.4. The van der Waals surface area contributed by atoms with Crippen LogP contribution in [0, 0.1) is 30.2 Å². The van der Waals surface area contributed by atoms with Gasteiger partial charge in [-0.25, -0.2) is 17.6 Å². The van der Waals surface area contributed by atoms with E-state index < -0.39 is 46.9 Å². The second kappa shape index (κ2) is 4.83. The fourth-order valence-electron chi connectivity index (χ4n) is 1.01. The number of nitrogens with zero attached hydrogens (tertiary/aromatic N) is 1. The highest BCUT2D eigenvalue weighted by molar-refractivity contribution is 5.65. The summed E-state index contributed by atoms with van der Waals surface area (Å²) in [6, 6.07) is 0. The Morgan fingerprint density at radius 2 is 1.39 bits per heavy atom. The van der Waals surface area contributed by atoms with E-state index in [0.29, 0.717) is 0 Å². The van der Waals surface area contributed by atoms with Crippen LogP contribution in [0.2, 0.25) is 0 Å². The topological polar surface area (TPSA) is 24.4 Å². The zero-order valence-corrected chi connectivity index (χ0v) is 8.67. The molecule has 1 aromatic carbocycles. The maximum atomic E-state index is 13.1. The number of hydrogen-bond donors (Lipinski definition) is 1. The molecule has 0 saturated carbocycles. The molecule has 0 amide bonds. The lowest BCUT2D eigenvalue weighted by molar-refractivity contribution is -0.0536. The van der Waals surface area contributed by atoms with E-state index in [-0.39, 0.29) is 0 Å². The Morgan fingerprint density at radius 1 is 0.944 bits per heavy atom. The largest absolute Gasteiger partial charge is 0.428 e. The van der Waals surface area contributed by atoms with E-state index in [2.05, 4.69) is 5.10 Å². The molecule has 0 fully saturated rings. The number of hydrogen-bond acceptors (Lipinski definition) is 2. The average Bonchev–Trinajstić information content (AvgIpc) is 2.27. The second-order valence-corrected chi connectivity index (χ2v) is 3.17. The van der Waals surface area contributed by atoms with Gasteiger partial charge in [-0.15, -0.1) is 0 Å². The van der Waals surface area contributed by atoms with Gasteiger partial charge in [-0.3, -0.25) is 5.43 Å². The van der Waals surface area contributed by atoms with Crippen molar-refractivity contribution in [3.05, 3.63) is 28.8 Å². The van der Waals surface area contributed by atoms with Gasteiger partial charge in [0.25, 0.3) is 0 Å². The Labute approximate surface area is 96.1 Å². The van der Waals surface area contributed by atoms with Gasteiger partial charge in [0, 0.05) is 5.56 Å². The molecule has 1 aromatic rings. The summed E-state index contributed by atoms with van der Waals surface area (Å²) in [5.74, 6) is -7.13. The van der Waals surface area contributed by atoms with Crippen molar-refractivity contribution in [1.29, 1.82) is 0 Å². The summed E-state index contributed by atoms with van der Waals surface area (Å²) in [6.45, 7) is 0.777. The van der Waals surface area contributed by atoms with Crippen LogP contribution in [-0.4, -0.2) is 12.4 Å². The Morgan fingerprint density at radius 3 is 1.78 bits per heavy atom. The van der Waals surface area contributed by atoms with Crippen molar-refractivity contribution in [2.24, 2.45) is 5.10 Å². The standard InChI is InChI=1S/C9H5F7N2/c1-3-4(10)6(12)8(7(13)5(3)11)18-17-2-9(14,15)16/h2,18H,1H3/b17-2+. The molecule has 0 bridgehead atoms. The van der Waals surface area contributed by atoms with Gasteiger partial charge in [0.05, 0.1) is 0 Å². The van der Waals surface area contributed by atoms with Gasteiger partial charge in [-0.05, 0) is 6.92 Å². The molecule has 0 aliphatic rings. The highest BCUT2D eigenvalue weighted by Crippen LogP contribution is 2.27. The lowest BCUT2D eigenvalue weighted by Crippen LogP contribution is -2.11. The molecule has 0 aliphatic heterocycles. The summed E-state index contributed by atoms with van der Waals surface area (Å²) in [7, 11) is 0. The zero-order valence-electron chi connectivity index (χ0n) is 8.67. The summed E-state index contributed by atoms with van der Waals surface area (Å²) in [6.07, 6.45) is -5.46. The molecular weight excluding hydrogens is 269 g/mol. The Kier molecular flexibility index (Phi) is 3.82. The van der Waals surface area contributed by atoms with E-state index in [1.807, 2.05) is 0 Å². The molecule has 0 atom stereocenters. The molecule has 1 rings (SSSR count). The van der Waals surface area contributed by atoms with E-state index in [0.717, 1.165) is 6.92 Å². The predicted octanol–water partition coefficient (Wildman–Crippen LogP) is 3.51. The Balaban J connectivity index is 3.15. The van der Waals surface area contributed by atoms with Crippen LogP contribution in [0.1, 0.15) is 5.56 Å². The number of halogens is 7. The van der Waals surface area contributed by atoms with Crippen LogP contribution in [-0.2, 0) is 0 Å². The molecule has 0 saturated heterocycles. The molecule has 100 valence electrons. The van der Waals surface area contributed by atoms with Crippen LogP contribution in [0.15, 0.2) is 5.10 Å². The van der Waals surface area contributed by atoms with Crippen LogP contribution in [0.4, 0.5) is 36.4 Å². The molecule has 0 heterocycles. The van der Waals surface area contributed by atoms with E-state index in [9.17, 15) is 30.7 Å². The van der Waals surface area contributed by atoms with Gasteiger partial charge >= 0.3 is 6.18 Å². The van der Waals surface area contributed by atoms with Crippen molar-refractivity contribution in [3.63, 3.8) is 0 Å². The van der Waals surface area contributed by atoms with Crippen LogP contribution >= 0.6 is 0 Å². The maximum Gasteiger partial charge on any atom is 0.428 e. The average molecular weight is 274 g/mol. The third-order valence-electron chi connectivity index (χ3n) is 1.87. The van der Waals surface area contributed by atoms with Crippen LogP contribution in [0.5, 0.6) is 0 Å². The zero-order chi connectivity index (χ0) is 14.1. The van der Waals surface area contributed by atoms with Crippen molar-refractivity contribution in [2.45, 2.75) is 13.1 Å². The molecule has 0 unspecified atom stereocenters. The smallest absolute Gasteiger partial charge is 0.272 e. The molecular formula is C9H5F7N2. The number of alkyl halides is 3. The van der Waals surface area contributed by atoms with Gasteiger partial charge in [0.2, 0.25) is 0 Å². The molecule has 2 nitrogen and oxygen atoms in total. The first-order chi connectivity index (χ1) is 8.15. The molecule has 1 N–H and O–H groups in total.